The number of carbonyl (C=O) groups is 1. The molecule has 174 valence electrons. The number of fused-ring (bicyclic) bond motifs is 3. The van der Waals surface area contributed by atoms with E-state index in [0.29, 0.717) is 37.6 Å². The highest BCUT2D eigenvalue weighted by molar-refractivity contribution is 6.31. The summed E-state index contributed by atoms with van der Waals surface area (Å²) < 4.78 is 26.9. The van der Waals surface area contributed by atoms with E-state index >= 15 is 0 Å². The lowest BCUT2D eigenvalue weighted by molar-refractivity contribution is -0.134. The first-order valence-corrected chi connectivity index (χ1v) is 11.9. The topological polar surface area (TPSA) is 39.3 Å². The third-order valence-corrected chi connectivity index (χ3v) is 7.27. The number of benzene rings is 2. The Morgan fingerprint density at radius 1 is 1.12 bits per heavy atom. The van der Waals surface area contributed by atoms with Crippen molar-refractivity contribution < 1.29 is 13.6 Å². The van der Waals surface area contributed by atoms with Gasteiger partial charge in [-0.1, -0.05) is 41.4 Å². The van der Waals surface area contributed by atoms with Crippen molar-refractivity contribution in [2.45, 2.75) is 44.6 Å². The van der Waals surface area contributed by atoms with E-state index in [-0.39, 0.29) is 24.8 Å². The molecule has 0 spiro atoms. The van der Waals surface area contributed by atoms with Crippen LogP contribution in [-0.2, 0) is 11.2 Å². The van der Waals surface area contributed by atoms with Crippen molar-refractivity contribution in [2.75, 3.05) is 26.2 Å². The first kappa shape index (κ1) is 22.4. The lowest BCUT2D eigenvalue weighted by Crippen LogP contribution is -2.44. The molecule has 1 atom stereocenters. The van der Waals surface area contributed by atoms with Crippen LogP contribution in [0.25, 0.3) is 10.9 Å². The van der Waals surface area contributed by atoms with Gasteiger partial charge in [-0.2, -0.15) is 0 Å². The van der Waals surface area contributed by atoms with Crippen LogP contribution in [0.4, 0.5) is 8.78 Å². The molecule has 2 aliphatic rings. The average molecular weight is 472 g/mol. The summed E-state index contributed by atoms with van der Waals surface area (Å²) in [5.74, 6) is -2.51. The maximum Gasteiger partial charge on any atom is 0.250 e. The van der Waals surface area contributed by atoms with E-state index in [1.54, 1.807) is 0 Å². The number of amides is 1. The molecule has 5 rings (SSSR count). The van der Waals surface area contributed by atoms with Crippen LogP contribution >= 0.6 is 11.6 Å². The van der Waals surface area contributed by atoms with Gasteiger partial charge in [-0.3, -0.25) is 4.79 Å². The normalized spacial score (nSPS) is 20.7. The Morgan fingerprint density at radius 2 is 1.85 bits per heavy atom. The van der Waals surface area contributed by atoms with Crippen LogP contribution in [0.5, 0.6) is 0 Å². The number of nitrogens with one attached hydrogen (secondary N) is 1. The van der Waals surface area contributed by atoms with E-state index in [0.717, 1.165) is 34.1 Å². The minimum atomic E-state index is -2.57. The van der Waals surface area contributed by atoms with Gasteiger partial charge in [-0.25, -0.2) is 8.78 Å². The number of hydrogen-bond donors (Lipinski definition) is 1. The van der Waals surface area contributed by atoms with Gasteiger partial charge in [0.25, 0.3) is 5.92 Å². The molecule has 0 saturated carbocycles. The molecule has 1 aromatic heterocycles. The Balaban J connectivity index is 1.42. The van der Waals surface area contributed by atoms with E-state index in [9.17, 15) is 13.6 Å². The summed E-state index contributed by atoms with van der Waals surface area (Å²) in [5.41, 5.74) is 5.49. The summed E-state index contributed by atoms with van der Waals surface area (Å²) in [6.07, 6.45) is 0.824. The molecule has 0 bridgehead atoms. The van der Waals surface area contributed by atoms with Gasteiger partial charge < -0.3 is 14.8 Å². The number of alkyl halides is 2. The molecule has 7 heteroatoms. The fourth-order valence-electron chi connectivity index (χ4n) is 5.13. The van der Waals surface area contributed by atoms with Gasteiger partial charge in [0.2, 0.25) is 5.91 Å². The predicted molar refractivity (Wildman–Crippen MR) is 127 cm³/mol. The van der Waals surface area contributed by atoms with Gasteiger partial charge in [-0.05, 0) is 42.7 Å². The van der Waals surface area contributed by atoms with Crippen molar-refractivity contribution in [1.29, 1.82) is 0 Å². The lowest BCUT2D eigenvalue weighted by Gasteiger charge is -2.37. The van der Waals surface area contributed by atoms with Crippen molar-refractivity contribution in [1.82, 2.24) is 14.8 Å². The van der Waals surface area contributed by atoms with Gasteiger partial charge in [-0.15, -0.1) is 0 Å². The lowest BCUT2D eigenvalue weighted by atomic mass is 9.91. The third kappa shape index (κ3) is 4.51. The van der Waals surface area contributed by atoms with Gasteiger partial charge in [0.1, 0.15) is 0 Å². The zero-order valence-electron chi connectivity index (χ0n) is 18.7. The number of aromatic nitrogens is 1. The first-order chi connectivity index (χ1) is 15.8. The van der Waals surface area contributed by atoms with Crippen LogP contribution < -0.4 is 0 Å². The molecular weight excluding hydrogens is 444 g/mol. The number of aryl methyl sites for hydroxylation is 1. The minimum Gasteiger partial charge on any atom is -0.356 e. The van der Waals surface area contributed by atoms with Crippen molar-refractivity contribution in [3.63, 3.8) is 0 Å². The Kier molecular flexibility index (Phi) is 5.91. The van der Waals surface area contributed by atoms with Crippen LogP contribution in [0.1, 0.15) is 47.7 Å². The molecule has 0 radical (unpaired) electrons. The monoisotopic (exact) mass is 471 g/mol. The number of aromatic amines is 1. The maximum absolute atomic E-state index is 13.5. The molecule has 33 heavy (non-hydrogen) atoms. The summed E-state index contributed by atoms with van der Waals surface area (Å²) in [4.78, 5) is 20.9. The SMILES string of the molecule is Cc1ccc(C2c3[nH]c4ccc(Cl)cc4c3CCN2C(=O)CCN2CCC(F)(F)CC2)cc1. The molecule has 3 aromatic rings. The van der Waals surface area contributed by atoms with E-state index in [1.165, 1.54) is 5.56 Å². The molecule has 4 nitrogen and oxygen atoms in total. The molecular formula is C26H28ClF2N3O. The Morgan fingerprint density at radius 3 is 2.58 bits per heavy atom. The summed E-state index contributed by atoms with van der Waals surface area (Å²) in [6, 6.07) is 13.9. The molecule has 1 amide bonds. The second-order valence-corrected chi connectivity index (χ2v) is 9.74. The summed E-state index contributed by atoms with van der Waals surface area (Å²) in [7, 11) is 0. The van der Waals surface area contributed by atoms with Crippen molar-refractivity contribution >= 4 is 28.4 Å². The Hall–Kier alpha value is -2.44. The van der Waals surface area contributed by atoms with E-state index < -0.39 is 5.92 Å². The molecule has 1 unspecified atom stereocenters. The van der Waals surface area contributed by atoms with Crippen LogP contribution in [0.15, 0.2) is 42.5 Å². The number of likely N-dealkylation sites (tertiary alicyclic amines) is 1. The molecule has 3 heterocycles. The van der Waals surface area contributed by atoms with Crippen molar-refractivity contribution in [2.24, 2.45) is 0 Å². The van der Waals surface area contributed by atoms with Crippen LogP contribution in [0.3, 0.4) is 0 Å². The fourth-order valence-corrected chi connectivity index (χ4v) is 5.30. The molecule has 0 aliphatic carbocycles. The quantitative estimate of drug-likeness (QED) is 0.528. The molecule has 2 aliphatic heterocycles. The average Bonchev–Trinajstić information content (AvgIpc) is 3.16. The van der Waals surface area contributed by atoms with Gasteiger partial charge in [0.05, 0.1) is 6.04 Å². The molecule has 1 N–H and O–H groups in total. The number of H-pyrrole nitrogens is 1. The Bertz CT molecular complexity index is 1160. The second-order valence-electron chi connectivity index (χ2n) is 9.31. The summed E-state index contributed by atoms with van der Waals surface area (Å²) in [6.45, 7) is 3.86. The highest BCUT2D eigenvalue weighted by Gasteiger charge is 2.36. The number of hydrogen-bond acceptors (Lipinski definition) is 2. The van der Waals surface area contributed by atoms with Crippen LogP contribution in [0.2, 0.25) is 5.02 Å². The van der Waals surface area contributed by atoms with Gasteiger partial charge in [0.15, 0.2) is 0 Å². The molecule has 1 fully saturated rings. The first-order valence-electron chi connectivity index (χ1n) is 11.6. The number of carbonyl (C=O) groups excluding carboxylic acids is 1. The third-order valence-electron chi connectivity index (χ3n) is 7.03. The summed E-state index contributed by atoms with van der Waals surface area (Å²) >= 11 is 6.27. The number of piperidine rings is 1. The van der Waals surface area contributed by atoms with Crippen LogP contribution in [-0.4, -0.2) is 52.8 Å². The smallest absolute Gasteiger partial charge is 0.250 e. The number of halogens is 3. The molecule has 2 aromatic carbocycles. The Labute approximate surface area is 197 Å². The van der Waals surface area contributed by atoms with Crippen molar-refractivity contribution in [3.05, 3.63) is 69.9 Å². The van der Waals surface area contributed by atoms with E-state index in [1.807, 2.05) is 34.9 Å². The second kappa shape index (κ2) is 8.73. The van der Waals surface area contributed by atoms with E-state index in [2.05, 4.69) is 29.2 Å². The highest BCUT2D eigenvalue weighted by atomic mass is 35.5. The largest absolute Gasteiger partial charge is 0.356 e. The van der Waals surface area contributed by atoms with Gasteiger partial charge in [0, 0.05) is 67.1 Å². The zero-order valence-corrected chi connectivity index (χ0v) is 19.5. The summed E-state index contributed by atoms with van der Waals surface area (Å²) in [5, 5.41) is 1.80. The van der Waals surface area contributed by atoms with Gasteiger partial charge >= 0.3 is 0 Å². The number of rotatable bonds is 4. The number of nitrogens with zero attached hydrogens (tertiary/aromatic N) is 2. The standard InChI is InChI=1S/C26H28ClF2N3O/c1-17-2-4-18(5-3-17)25-24-20(21-16-19(27)6-7-22(21)30-24)8-13-32(25)23(33)9-12-31-14-10-26(28,29)11-15-31/h2-7,16,25,30H,8-15H2,1H3. The molecule has 1 saturated heterocycles. The van der Waals surface area contributed by atoms with E-state index in [4.69, 9.17) is 11.6 Å². The fraction of sp³-hybridized carbons (Fsp3) is 0.423. The highest BCUT2D eigenvalue weighted by Crippen LogP contribution is 2.39. The van der Waals surface area contributed by atoms with Crippen molar-refractivity contribution in [3.8, 4) is 0 Å². The maximum atomic E-state index is 13.5. The predicted octanol–water partition coefficient (Wildman–Crippen LogP) is 5.73. The zero-order chi connectivity index (χ0) is 23.2. The van der Waals surface area contributed by atoms with Crippen LogP contribution in [0, 0.1) is 6.92 Å². The minimum absolute atomic E-state index is 0.0558.